The molecule has 2 atom stereocenters. The average molecular weight is 194 g/mol. The van der Waals surface area contributed by atoms with Crippen molar-refractivity contribution >= 4 is 11.4 Å². The Bertz CT molecular complexity index is 157. The number of allylic oxidation sites excluding steroid dienone is 1. The van der Waals surface area contributed by atoms with Crippen LogP contribution in [0.15, 0.2) is 12.2 Å². The van der Waals surface area contributed by atoms with E-state index in [0.29, 0.717) is 13.2 Å². The van der Waals surface area contributed by atoms with Gasteiger partial charge in [0.2, 0.25) is 0 Å². The van der Waals surface area contributed by atoms with Gasteiger partial charge in [-0.05, 0) is 13.8 Å². The van der Waals surface area contributed by atoms with Crippen molar-refractivity contribution in [2.24, 2.45) is 0 Å². The van der Waals surface area contributed by atoms with Gasteiger partial charge in [-0.2, -0.15) is 4.21 Å². The maximum absolute atomic E-state index is 10.1. The number of rotatable bonds is 6. The highest BCUT2D eigenvalue weighted by Gasteiger charge is 2.04. The van der Waals surface area contributed by atoms with Gasteiger partial charge in [0, 0.05) is 0 Å². The zero-order valence-electron chi connectivity index (χ0n) is 7.23. The fourth-order valence-corrected chi connectivity index (χ4v) is 0.903. The zero-order chi connectivity index (χ0) is 9.40. The standard InChI is InChI=1S/C7H14O4S/c1-3-4-5-10-6-7(2)11-12(8)9/h3-4,7H,5-6H2,1-2H3,(H,8,9). The minimum Gasteiger partial charge on any atom is -0.375 e. The second kappa shape index (κ2) is 7.42. The van der Waals surface area contributed by atoms with Crippen LogP contribution in [0.4, 0.5) is 0 Å². The number of ether oxygens (including phenoxy) is 1. The van der Waals surface area contributed by atoms with Crippen LogP contribution >= 0.6 is 0 Å². The van der Waals surface area contributed by atoms with Crippen LogP contribution in [-0.4, -0.2) is 28.1 Å². The highest BCUT2D eigenvalue weighted by atomic mass is 32.2. The quantitative estimate of drug-likeness (QED) is 0.391. The molecule has 2 unspecified atom stereocenters. The van der Waals surface area contributed by atoms with Crippen LogP contribution in [0.1, 0.15) is 13.8 Å². The largest absolute Gasteiger partial charge is 0.375 e. The average Bonchev–Trinajstić information content (AvgIpc) is 1.97. The van der Waals surface area contributed by atoms with Crippen molar-refractivity contribution in [3.8, 4) is 0 Å². The summed E-state index contributed by atoms with van der Waals surface area (Å²) in [5.74, 6) is 0. The highest BCUT2D eigenvalue weighted by molar-refractivity contribution is 7.74. The predicted molar refractivity (Wildman–Crippen MR) is 47.0 cm³/mol. The molecule has 0 bridgehead atoms. The van der Waals surface area contributed by atoms with Gasteiger partial charge in [-0.15, -0.1) is 0 Å². The Balaban J connectivity index is 3.31. The summed E-state index contributed by atoms with van der Waals surface area (Å²) in [7, 11) is 0. The van der Waals surface area contributed by atoms with Gasteiger partial charge in [0.1, 0.15) is 0 Å². The van der Waals surface area contributed by atoms with Crippen LogP contribution in [0.25, 0.3) is 0 Å². The fraction of sp³-hybridized carbons (Fsp3) is 0.714. The summed E-state index contributed by atoms with van der Waals surface area (Å²) in [5, 5.41) is 0. The van der Waals surface area contributed by atoms with Gasteiger partial charge in [0.25, 0.3) is 0 Å². The van der Waals surface area contributed by atoms with Crippen LogP contribution in [0.5, 0.6) is 0 Å². The van der Waals surface area contributed by atoms with E-state index in [1.807, 2.05) is 19.1 Å². The lowest BCUT2D eigenvalue weighted by Gasteiger charge is -2.08. The maximum Gasteiger partial charge on any atom is 0.302 e. The van der Waals surface area contributed by atoms with Gasteiger partial charge in [-0.1, -0.05) is 12.2 Å². The molecule has 0 aliphatic carbocycles. The van der Waals surface area contributed by atoms with E-state index in [9.17, 15) is 4.21 Å². The molecule has 0 aliphatic heterocycles. The Morgan fingerprint density at radius 3 is 2.83 bits per heavy atom. The van der Waals surface area contributed by atoms with Crippen LogP contribution in [-0.2, 0) is 20.3 Å². The summed E-state index contributed by atoms with van der Waals surface area (Å²) in [6.07, 6.45) is 3.36. The molecule has 0 aromatic rings. The predicted octanol–water partition coefficient (Wildman–Crippen LogP) is 1.12. The number of hydrogen-bond donors (Lipinski definition) is 1. The summed E-state index contributed by atoms with van der Waals surface area (Å²) < 4.78 is 28.0. The molecular formula is C7H14O4S. The molecule has 72 valence electrons. The monoisotopic (exact) mass is 194 g/mol. The Labute approximate surface area is 75.1 Å². The summed E-state index contributed by atoms with van der Waals surface area (Å²) in [6.45, 7) is 4.38. The van der Waals surface area contributed by atoms with Crippen molar-refractivity contribution in [1.82, 2.24) is 0 Å². The molecule has 0 amide bonds. The molecule has 0 saturated heterocycles. The van der Waals surface area contributed by atoms with Crippen molar-refractivity contribution in [3.63, 3.8) is 0 Å². The molecule has 5 heteroatoms. The van der Waals surface area contributed by atoms with Crippen LogP contribution < -0.4 is 0 Å². The van der Waals surface area contributed by atoms with E-state index in [1.165, 1.54) is 0 Å². The fourth-order valence-electron chi connectivity index (χ4n) is 0.567. The smallest absolute Gasteiger partial charge is 0.302 e. The first-order valence-electron chi connectivity index (χ1n) is 3.63. The molecular weight excluding hydrogens is 180 g/mol. The summed E-state index contributed by atoms with van der Waals surface area (Å²) >= 11 is -2.20. The molecule has 0 saturated carbocycles. The molecule has 0 radical (unpaired) electrons. The van der Waals surface area contributed by atoms with Crippen LogP contribution in [0.2, 0.25) is 0 Å². The first-order valence-corrected chi connectivity index (χ1v) is 4.67. The van der Waals surface area contributed by atoms with Gasteiger partial charge in [-0.25, -0.2) is 0 Å². The van der Waals surface area contributed by atoms with Crippen molar-refractivity contribution in [1.29, 1.82) is 0 Å². The Kier molecular flexibility index (Phi) is 7.28. The third-order valence-electron chi connectivity index (χ3n) is 1.05. The molecule has 0 aliphatic rings. The van der Waals surface area contributed by atoms with Crippen molar-refractivity contribution < 1.29 is 17.7 Å². The van der Waals surface area contributed by atoms with Gasteiger partial charge in [0.15, 0.2) is 0 Å². The Morgan fingerprint density at radius 1 is 1.67 bits per heavy atom. The lowest BCUT2D eigenvalue weighted by atomic mass is 10.4. The van der Waals surface area contributed by atoms with Gasteiger partial charge >= 0.3 is 11.4 Å². The van der Waals surface area contributed by atoms with Crippen molar-refractivity contribution in [2.45, 2.75) is 20.0 Å². The minimum atomic E-state index is -2.20. The number of hydrogen-bond acceptors (Lipinski definition) is 3. The minimum absolute atomic E-state index is 0.316. The molecule has 0 heterocycles. The third kappa shape index (κ3) is 7.87. The normalized spacial score (nSPS) is 16.6. The molecule has 1 N–H and O–H groups in total. The second-order valence-electron chi connectivity index (χ2n) is 2.23. The van der Waals surface area contributed by atoms with E-state index in [4.69, 9.17) is 9.29 Å². The second-order valence-corrected chi connectivity index (χ2v) is 2.86. The topological polar surface area (TPSA) is 55.8 Å². The van der Waals surface area contributed by atoms with E-state index >= 15 is 0 Å². The van der Waals surface area contributed by atoms with Gasteiger partial charge in [0.05, 0.1) is 19.3 Å². The molecule has 0 fully saturated rings. The molecule has 0 aromatic carbocycles. The molecule has 0 aromatic heterocycles. The van der Waals surface area contributed by atoms with E-state index in [0.717, 1.165) is 0 Å². The third-order valence-corrected chi connectivity index (χ3v) is 1.54. The van der Waals surface area contributed by atoms with Crippen LogP contribution in [0.3, 0.4) is 0 Å². The first kappa shape index (κ1) is 11.8. The van der Waals surface area contributed by atoms with Gasteiger partial charge in [-0.3, -0.25) is 8.74 Å². The van der Waals surface area contributed by atoms with Crippen LogP contribution in [0, 0.1) is 0 Å². The first-order chi connectivity index (χ1) is 5.66. The van der Waals surface area contributed by atoms with Gasteiger partial charge < -0.3 is 4.74 Å². The highest BCUT2D eigenvalue weighted by Crippen LogP contribution is 1.93. The van der Waals surface area contributed by atoms with E-state index in [1.54, 1.807) is 6.92 Å². The SMILES string of the molecule is CC=CCOCC(C)OS(=O)O. The summed E-state index contributed by atoms with van der Waals surface area (Å²) in [6, 6.07) is 0. The molecule has 0 spiro atoms. The molecule has 12 heavy (non-hydrogen) atoms. The maximum atomic E-state index is 10.1. The lowest BCUT2D eigenvalue weighted by Crippen LogP contribution is -2.17. The van der Waals surface area contributed by atoms with Crippen molar-refractivity contribution in [2.75, 3.05) is 13.2 Å². The summed E-state index contributed by atoms with van der Waals surface area (Å²) in [4.78, 5) is 0. The zero-order valence-corrected chi connectivity index (χ0v) is 8.04. The van der Waals surface area contributed by atoms with E-state index in [2.05, 4.69) is 4.18 Å². The molecule has 4 nitrogen and oxygen atoms in total. The Morgan fingerprint density at radius 2 is 2.33 bits per heavy atom. The Hall–Kier alpha value is -0.230. The van der Waals surface area contributed by atoms with E-state index < -0.39 is 11.4 Å². The van der Waals surface area contributed by atoms with Crippen molar-refractivity contribution in [3.05, 3.63) is 12.2 Å². The lowest BCUT2D eigenvalue weighted by molar-refractivity contribution is 0.0760. The summed E-state index contributed by atoms with van der Waals surface area (Å²) in [5.41, 5.74) is 0. The van der Waals surface area contributed by atoms with E-state index in [-0.39, 0.29) is 6.10 Å². The molecule has 0 rings (SSSR count).